The van der Waals surface area contributed by atoms with Crippen LogP contribution in [0.15, 0.2) is 12.3 Å². The fraction of sp³-hybridized carbons (Fsp3) is 0.600. The Hall–Kier alpha value is -1.07. The molecule has 0 aliphatic heterocycles. The largest absolute Gasteiger partial charge is 0.320 e. The molecule has 0 saturated carbocycles. The minimum atomic E-state index is -0.466. The zero-order chi connectivity index (χ0) is 11.4. The van der Waals surface area contributed by atoms with Gasteiger partial charge in [0.15, 0.2) is 5.82 Å². The van der Waals surface area contributed by atoms with Crippen molar-refractivity contribution in [2.24, 2.45) is 18.7 Å². The highest BCUT2D eigenvalue weighted by Gasteiger charge is 2.15. The number of carbonyl (C=O) groups excluding carboxylic acids is 1. The third-order valence-electron chi connectivity index (χ3n) is 2.03. The van der Waals surface area contributed by atoms with Crippen molar-refractivity contribution >= 4 is 24.1 Å². The van der Waals surface area contributed by atoms with Gasteiger partial charge in [0, 0.05) is 19.3 Å². The zero-order valence-electron chi connectivity index (χ0n) is 9.80. The first-order valence-corrected chi connectivity index (χ1v) is 5.05. The summed E-state index contributed by atoms with van der Waals surface area (Å²) in [6.07, 6.45) is 2.45. The summed E-state index contributed by atoms with van der Waals surface area (Å²) in [5.41, 5.74) is 5.73. The van der Waals surface area contributed by atoms with Crippen LogP contribution in [0.25, 0.3) is 0 Å². The molecule has 0 fully saturated rings. The number of carbonyl (C=O) groups is 1. The molecule has 1 heterocycles. The molecule has 0 aliphatic rings. The number of rotatable bonds is 4. The number of nitrogens with one attached hydrogen (secondary N) is 1. The van der Waals surface area contributed by atoms with Crippen LogP contribution in [0.3, 0.4) is 0 Å². The first kappa shape index (κ1) is 14.9. The summed E-state index contributed by atoms with van der Waals surface area (Å²) in [5, 5.41) is 6.71. The molecule has 0 bridgehead atoms. The quantitative estimate of drug-likeness (QED) is 0.837. The standard InChI is InChI=1S/C10H18N4O.ClH/c1-7(2)6-8(11)10(15)12-9-4-5-14(3)13-9;/h4-5,7-8H,6,11H2,1-3H3,(H,12,13,15);1H/t8-;/m0./s1. The van der Waals surface area contributed by atoms with Crippen LogP contribution < -0.4 is 11.1 Å². The normalized spacial score (nSPS) is 12.1. The Balaban J connectivity index is 0.00000225. The number of hydrogen-bond acceptors (Lipinski definition) is 3. The van der Waals surface area contributed by atoms with Crippen LogP contribution in [0.4, 0.5) is 5.82 Å². The fourth-order valence-electron chi connectivity index (χ4n) is 1.32. The van der Waals surface area contributed by atoms with Crippen LogP contribution in [0.1, 0.15) is 20.3 Å². The van der Waals surface area contributed by atoms with Crippen LogP contribution in [0.2, 0.25) is 0 Å². The molecule has 5 nitrogen and oxygen atoms in total. The van der Waals surface area contributed by atoms with Crippen molar-refractivity contribution in [3.8, 4) is 0 Å². The van der Waals surface area contributed by atoms with E-state index in [4.69, 9.17) is 5.73 Å². The Morgan fingerprint density at radius 1 is 1.62 bits per heavy atom. The SMILES string of the molecule is CC(C)C[C@H](N)C(=O)Nc1ccn(C)n1.Cl. The number of hydrogen-bond donors (Lipinski definition) is 2. The van der Waals surface area contributed by atoms with E-state index in [0.29, 0.717) is 18.2 Å². The molecule has 0 radical (unpaired) electrons. The number of amides is 1. The van der Waals surface area contributed by atoms with Crippen LogP contribution in [-0.2, 0) is 11.8 Å². The van der Waals surface area contributed by atoms with E-state index in [9.17, 15) is 4.79 Å². The lowest BCUT2D eigenvalue weighted by atomic mass is 10.0. The Morgan fingerprint density at radius 3 is 2.69 bits per heavy atom. The average Bonchev–Trinajstić information content (AvgIpc) is 2.50. The summed E-state index contributed by atoms with van der Waals surface area (Å²) < 4.78 is 1.63. The molecule has 0 unspecified atom stereocenters. The number of aryl methyl sites for hydroxylation is 1. The van der Waals surface area contributed by atoms with E-state index in [0.717, 1.165) is 0 Å². The van der Waals surface area contributed by atoms with E-state index in [2.05, 4.69) is 10.4 Å². The molecule has 0 saturated heterocycles. The van der Waals surface area contributed by atoms with Gasteiger partial charge in [0.05, 0.1) is 6.04 Å². The highest BCUT2D eigenvalue weighted by atomic mass is 35.5. The summed E-state index contributed by atoms with van der Waals surface area (Å²) in [4.78, 5) is 11.6. The lowest BCUT2D eigenvalue weighted by molar-refractivity contribution is -0.117. The molecular formula is C10H19ClN4O. The molecule has 6 heteroatoms. The Bertz CT molecular complexity index is 337. The third kappa shape index (κ3) is 4.63. The van der Waals surface area contributed by atoms with Crippen LogP contribution in [0, 0.1) is 5.92 Å². The van der Waals surface area contributed by atoms with E-state index in [1.165, 1.54) is 0 Å². The molecule has 0 spiro atoms. The van der Waals surface area contributed by atoms with Crippen molar-refractivity contribution in [1.82, 2.24) is 9.78 Å². The minimum absolute atomic E-state index is 0. The molecule has 1 aromatic rings. The van der Waals surface area contributed by atoms with Gasteiger partial charge in [-0.3, -0.25) is 9.48 Å². The number of nitrogens with two attached hydrogens (primary N) is 1. The van der Waals surface area contributed by atoms with Gasteiger partial charge in [0.2, 0.25) is 5.91 Å². The van der Waals surface area contributed by atoms with Gasteiger partial charge in [0.1, 0.15) is 0 Å². The molecule has 92 valence electrons. The summed E-state index contributed by atoms with van der Waals surface area (Å²) in [7, 11) is 1.80. The Kier molecular flexibility index (Phi) is 6.06. The van der Waals surface area contributed by atoms with Crippen molar-refractivity contribution in [3.63, 3.8) is 0 Å². The van der Waals surface area contributed by atoms with Crippen molar-refractivity contribution in [3.05, 3.63) is 12.3 Å². The minimum Gasteiger partial charge on any atom is -0.320 e. The van der Waals surface area contributed by atoms with E-state index in [-0.39, 0.29) is 18.3 Å². The van der Waals surface area contributed by atoms with Gasteiger partial charge in [-0.15, -0.1) is 12.4 Å². The average molecular weight is 247 g/mol. The summed E-state index contributed by atoms with van der Waals surface area (Å²) in [6.45, 7) is 4.07. The summed E-state index contributed by atoms with van der Waals surface area (Å²) >= 11 is 0. The molecule has 3 N–H and O–H groups in total. The summed E-state index contributed by atoms with van der Waals surface area (Å²) in [6, 6.07) is 1.27. The van der Waals surface area contributed by atoms with E-state index < -0.39 is 6.04 Å². The second-order valence-corrected chi connectivity index (χ2v) is 4.10. The maximum absolute atomic E-state index is 11.6. The van der Waals surface area contributed by atoms with Crippen LogP contribution in [-0.4, -0.2) is 21.7 Å². The third-order valence-corrected chi connectivity index (χ3v) is 2.03. The predicted molar refractivity (Wildman–Crippen MR) is 66.5 cm³/mol. The van der Waals surface area contributed by atoms with Crippen molar-refractivity contribution in [2.45, 2.75) is 26.3 Å². The number of aromatic nitrogens is 2. The fourth-order valence-corrected chi connectivity index (χ4v) is 1.32. The van der Waals surface area contributed by atoms with Gasteiger partial charge in [-0.05, 0) is 12.3 Å². The number of halogens is 1. The number of anilines is 1. The van der Waals surface area contributed by atoms with Gasteiger partial charge >= 0.3 is 0 Å². The van der Waals surface area contributed by atoms with E-state index in [1.807, 2.05) is 13.8 Å². The maximum atomic E-state index is 11.6. The van der Waals surface area contributed by atoms with Crippen LogP contribution in [0.5, 0.6) is 0 Å². The molecular weight excluding hydrogens is 228 g/mol. The molecule has 1 atom stereocenters. The Morgan fingerprint density at radius 2 is 2.25 bits per heavy atom. The second kappa shape index (κ2) is 6.50. The molecule has 16 heavy (non-hydrogen) atoms. The van der Waals surface area contributed by atoms with Gasteiger partial charge in [0.25, 0.3) is 0 Å². The van der Waals surface area contributed by atoms with E-state index >= 15 is 0 Å². The summed E-state index contributed by atoms with van der Waals surface area (Å²) in [5.74, 6) is 0.776. The maximum Gasteiger partial charge on any atom is 0.242 e. The number of nitrogens with zero attached hydrogens (tertiary/aromatic N) is 2. The van der Waals surface area contributed by atoms with Crippen molar-refractivity contribution < 1.29 is 4.79 Å². The monoisotopic (exact) mass is 246 g/mol. The van der Waals surface area contributed by atoms with Crippen molar-refractivity contribution in [2.75, 3.05) is 5.32 Å². The van der Waals surface area contributed by atoms with Gasteiger partial charge in [-0.1, -0.05) is 13.8 Å². The lowest BCUT2D eigenvalue weighted by Crippen LogP contribution is -2.36. The molecule has 1 aromatic heterocycles. The molecule has 0 aromatic carbocycles. The van der Waals surface area contributed by atoms with E-state index in [1.54, 1.807) is 24.0 Å². The lowest BCUT2D eigenvalue weighted by Gasteiger charge is -2.12. The smallest absolute Gasteiger partial charge is 0.242 e. The highest BCUT2D eigenvalue weighted by molar-refractivity contribution is 5.93. The second-order valence-electron chi connectivity index (χ2n) is 4.10. The molecule has 1 amide bonds. The highest BCUT2D eigenvalue weighted by Crippen LogP contribution is 2.06. The van der Waals surface area contributed by atoms with Gasteiger partial charge in [-0.2, -0.15) is 5.10 Å². The van der Waals surface area contributed by atoms with Crippen LogP contribution >= 0.6 is 12.4 Å². The van der Waals surface area contributed by atoms with Gasteiger partial charge in [-0.25, -0.2) is 0 Å². The first-order chi connectivity index (χ1) is 6.99. The molecule has 0 aliphatic carbocycles. The van der Waals surface area contributed by atoms with Gasteiger partial charge < -0.3 is 11.1 Å². The zero-order valence-corrected chi connectivity index (χ0v) is 10.6. The first-order valence-electron chi connectivity index (χ1n) is 5.05. The predicted octanol–water partition coefficient (Wildman–Crippen LogP) is 1.15. The topological polar surface area (TPSA) is 72.9 Å². The Labute approximate surface area is 102 Å². The molecule has 1 rings (SSSR count). The van der Waals surface area contributed by atoms with Crippen molar-refractivity contribution in [1.29, 1.82) is 0 Å².